The van der Waals surface area contributed by atoms with Gasteiger partial charge in [0.05, 0.1) is 5.69 Å². The highest BCUT2D eigenvalue weighted by atomic mass is 19.4. The highest BCUT2D eigenvalue weighted by molar-refractivity contribution is 5.90. The lowest BCUT2D eigenvalue weighted by atomic mass is 9.91. The molecule has 1 aliphatic rings. The molecule has 2 N–H and O–H groups in total. The average Bonchev–Trinajstić information content (AvgIpc) is 2.69. The van der Waals surface area contributed by atoms with E-state index < -0.39 is 18.1 Å². The Kier molecular flexibility index (Phi) is 5.86. The van der Waals surface area contributed by atoms with Crippen molar-refractivity contribution in [1.29, 1.82) is 0 Å². The number of anilines is 1. The highest BCUT2D eigenvalue weighted by Gasteiger charge is 2.43. The van der Waals surface area contributed by atoms with Crippen LogP contribution < -0.4 is 10.5 Å². The van der Waals surface area contributed by atoms with Crippen molar-refractivity contribution in [2.75, 3.05) is 12.3 Å². The normalized spacial score (nSPS) is 15.3. The van der Waals surface area contributed by atoms with Crippen LogP contribution in [-0.4, -0.2) is 29.6 Å². The van der Waals surface area contributed by atoms with Crippen molar-refractivity contribution in [3.63, 3.8) is 0 Å². The second kappa shape index (κ2) is 8.19. The number of hydrogen-bond donors (Lipinski definition) is 1. The number of hydrogen-bond acceptors (Lipinski definition) is 3. The van der Waals surface area contributed by atoms with Crippen molar-refractivity contribution in [2.45, 2.75) is 38.9 Å². The fourth-order valence-corrected chi connectivity index (χ4v) is 3.63. The third-order valence-corrected chi connectivity index (χ3v) is 5.08. The van der Waals surface area contributed by atoms with Crippen LogP contribution in [0.5, 0.6) is 11.5 Å². The van der Waals surface area contributed by atoms with Crippen LogP contribution >= 0.6 is 0 Å². The van der Waals surface area contributed by atoms with E-state index in [1.807, 2.05) is 42.5 Å². The third-order valence-electron chi connectivity index (χ3n) is 5.08. The summed E-state index contributed by atoms with van der Waals surface area (Å²) < 4.78 is 44.9. The predicted octanol–water partition coefficient (Wildman–Crippen LogP) is 5.39. The fourth-order valence-electron chi connectivity index (χ4n) is 3.63. The van der Waals surface area contributed by atoms with Gasteiger partial charge >= 0.3 is 12.1 Å². The lowest BCUT2D eigenvalue weighted by Crippen LogP contribution is -2.46. The molecule has 0 aliphatic carbocycles. The molecule has 2 aromatic carbocycles. The van der Waals surface area contributed by atoms with Crippen molar-refractivity contribution in [3.05, 3.63) is 59.7 Å². The summed E-state index contributed by atoms with van der Waals surface area (Å²) in [5.74, 6) is -0.637. The van der Waals surface area contributed by atoms with Crippen LogP contribution in [0.25, 0.3) is 5.57 Å². The molecule has 29 heavy (non-hydrogen) atoms. The summed E-state index contributed by atoms with van der Waals surface area (Å²) in [7, 11) is 0. The molecule has 0 radical (unpaired) electrons. The number of alkyl halides is 3. The number of carbonyl (C=O) groups is 1. The minimum atomic E-state index is -4.89. The summed E-state index contributed by atoms with van der Waals surface area (Å²) in [6, 6.07) is 12.3. The number of fused-ring (bicyclic) bond motifs is 2. The van der Waals surface area contributed by atoms with Crippen LogP contribution in [0.4, 0.5) is 18.9 Å². The molecule has 0 aromatic heterocycles. The van der Waals surface area contributed by atoms with Crippen LogP contribution in [0.1, 0.15) is 37.8 Å². The molecule has 1 amide bonds. The summed E-state index contributed by atoms with van der Waals surface area (Å²) in [4.78, 5) is 12.7. The Morgan fingerprint density at radius 2 is 1.83 bits per heavy atom. The second-order valence-electron chi connectivity index (χ2n) is 6.83. The van der Waals surface area contributed by atoms with E-state index in [1.54, 1.807) is 19.9 Å². The van der Waals surface area contributed by atoms with Crippen molar-refractivity contribution in [2.24, 2.45) is 0 Å². The van der Waals surface area contributed by atoms with Crippen LogP contribution in [0.15, 0.2) is 48.5 Å². The van der Waals surface area contributed by atoms with E-state index in [1.165, 1.54) is 0 Å². The first-order valence-electron chi connectivity index (χ1n) is 9.52. The van der Waals surface area contributed by atoms with Crippen molar-refractivity contribution >= 4 is 17.2 Å². The van der Waals surface area contributed by atoms with E-state index in [4.69, 9.17) is 10.5 Å². The van der Waals surface area contributed by atoms with E-state index in [2.05, 4.69) is 0 Å². The number of nitrogens with zero attached hydrogens (tertiary/aromatic N) is 1. The largest absolute Gasteiger partial charge is 0.471 e. The lowest BCUT2D eigenvalue weighted by Gasteiger charge is -2.31. The van der Waals surface area contributed by atoms with Crippen LogP contribution in [0, 0.1) is 0 Å². The van der Waals surface area contributed by atoms with E-state index in [-0.39, 0.29) is 13.0 Å². The monoisotopic (exact) mass is 404 g/mol. The van der Waals surface area contributed by atoms with E-state index in [9.17, 15) is 18.0 Å². The zero-order valence-corrected chi connectivity index (χ0v) is 16.3. The van der Waals surface area contributed by atoms with Gasteiger partial charge in [-0.1, -0.05) is 43.3 Å². The first-order valence-corrected chi connectivity index (χ1v) is 9.52. The molecule has 2 aromatic rings. The molecular weight excluding hydrogens is 381 g/mol. The van der Waals surface area contributed by atoms with Crippen molar-refractivity contribution in [1.82, 2.24) is 4.90 Å². The van der Waals surface area contributed by atoms with Gasteiger partial charge in [0, 0.05) is 23.7 Å². The van der Waals surface area contributed by atoms with Gasteiger partial charge in [0.25, 0.3) is 0 Å². The van der Waals surface area contributed by atoms with Gasteiger partial charge in [0.15, 0.2) is 5.75 Å². The van der Waals surface area contributed by atoms with Gasteiger partial charge in [0.2, 0.25) is 0 Å². The summed E-state index contributed by atoms with van der Waals surface area (Å²) in [6.07, 6.45) is -2.32. The molecule has 0 saturated heterocycles. The van der Waals surface area contributed by atoms with Gasteiger partial charge in [-0.2, -0.15) is 13.2 Å². The fraction of sp³-hybridized carbons (Fsp3) is 0.318. The van der Waals surface area contributed by atoms with Gasteiger partial charge in [0.1, 0.15) is 5.75 Å². The Labute approximate surface area is 167 Å². The first kappa shape index (κ1) is 20.8. The molecular formula is C22H23F3N2O2. The SMILES string of the molecule is CCC(C/C=C1\c2ccccc2Oc2c(N)cccc21)N(CC)C(=O)C(F)(F)F. The molecule has 1 atom stereocenters. The Hall–Kier alpha value is -2.96. The number of para-hydroxylation sites is 2. The third kappa shape index (κ3) is 4.09. The van der Waals surface area contributed by atoms with E-state index in [0.29, 0.717) is 23.6 Å². The smallest absolute Gasteiger partial charge is 0.454 e. The number of rotatable bonds is 5. The molecule has 4 nitrogen and oxygen atoms in total. The summed E-state index contributed by atoms with van der Waals surface area (Å²) in [5.41, 5.74) is 9.01. The zero-order chi connectivity index (χ0) is 21.2. The summed E-state index contributed by atoms with van der Waals surface area (Å²) in [5, 5.41) is 0. The van der Waals surface area contributed by atoms with Gasteiger partial charge in [-0.25, -0.2) is 0 Å². The van der Waals surface area contributed by atoms with Crippen molar-refractivity contribution in [3.8, 4) is 11.5 Å². The first-order chi connectivity index (χ1) is 13.8. The molecule has 154 valence electrons. The Balaban J connectivity index is 1.99. The summed E-state index contributed by atoms with van der Waals surface area (Å²) in [6.45, 7) is 3.32. The van der Waals surface area contributed by atoms with Crippen LogP contribution in [0.2, 0.25) is 0 Å². The molecule has 1 heterocycles. The molecule has 0 saturated carbocycles. The Bertz CT molecular complexity index is 938. The van der Waals surface area contributed by atoms with Gasteiger partial charge in [-0.05, 0) is 37.5 Å². The quantitative estimate of drug-likeness (QED) is 0.581. The maximum absolute atomic E-state index is 13.0. The number of benzene rings is 2. The Morgan fingerprint density at radius 1 is 1.14 bits per heavy atom. The molecule has 0 bridgehead atoms. The lowest BCUT2D eigenvalue weighted by molar-refractivity contribution is -0.187. The molecule has 3 rings (SSSR count). The second-order valence-corrected chi connectivity index (χ2v) is 6.83. The standard InChI is InChI=1S/C22H23F3N2O2/c1-3-14(27(4-2)21(28)22(23,24)25)12-13-15-16-8-5-6-11-19(16)29-20-17(15)9-7-10-18(20)26/h5-11,13-14H,3-4,12,26H2,1-2H3/b15-13+. The minimum Gasteiger partial charge on any atom is -0.454 e. The highest BCUT2D eigenvalue weighted by Crippen LogP contribution is 2.46. The van der Waals surface area contributed by atoms with Crippen molar-refractivity contribution < 1.29 is 22.7 Å². The van der Waals surface area contributed by atoms with Gasteiger partial charge < -0.3 is 15.4 Å². The minimum absolute atomic E-state index is 0.0107. The predicted molar refractivity (Wildman–Crippen MR) is 107 cm³/mol. The van der Waals surface area contributed by atoms with Gasteiger partial charge in [-0.15, -0.1) is 0 Å². The van der Waals surface area contributed by atoms with Crippen LogP contribution in [0.3, 0.4) is 0 Å². The maximum atomic E-state index is 13.0. The van der Waals surface area contributed by atoms with E-state index in [0.717, 1.165) is 21.6 Å². The molecule has 1 unspecified atom stereocenters. The average molecular weight is 404 g/mol. The molecule has 7 heteroatoms. The number of ether oxygens (including phenoxy) is 1. The summed E-state index contributed by atoms with van der Waals surface area (Å²) >= 11 is 0. The number of nitrogen functional groups attached to an aromatic ring is 1. The molecule has 1 aliphatic heterocycles. The number of halogens is 3. The molecule has 0 fully saturated rings. The number of amides is 1. The number of carbonyl (C=O) groups excluding carboxylic acids is 1. The van der Waals surface area contributed by atoms with E-state index >= 15 is 0 Å². The van der Waals surface area contributed by atoms with Crippen LogP contribution in [-0.2, 0) is 4.79 Å². The molecule has 0 spiro atoms. The topological polar surface area (TPSA) is 55.6 Å². The number of nitrogens with two attached hydrogens (primary N) is 1. The maximum Gasteiger partial charge on any atom is 0.471 e. The van der Waals surface area contributed by atoms with Gasteiger partial charge in [-0.3, -0.25) is 4.79 Å². The zero-order valence-electron chi connectivity index (χ0n) is 16.3. The Morgan fingerprint density at radius 3 is 2.48 bits per heavy atom.